The standard InChI is InChI=1S/C8H17N3O2/c1-13-8(12)2-3-10-11-6-4-9-5-7-11/h9-10H,2-7H2,1H3. The number of carbonyl (C=O) groups excluding carboxylic acids is 1. The van der Waals surface area contributed by atoms with Crippen molar-refractivity contribution < 1.29 is 9.53 Å². The van der Waals surface area contributed by atoms with Crippen LogP contribution < -0.4 is 10.7 Å². The molecule has 0 bridgehead atoms. The monoisotopic (exact) mass is 187 g/mol. The molecule has 5 heteroatoms. The van der Waals surface area contributed by atoms with Crippen LogP contribution in [-0.2, 0) is 9.53 Å². The molecule has 1 heterocycles. The molecule has 1 aliphatic heterocycles. The van der Waals surface area contributed by atoms with Crippen molar-refractivity contribution in [2.75, 3.05) is 39.8 Å². The van der Waals surface area contributed by atoms with E-state index in [9.17, 15) is 4.79 Å². The van der Waals surface area contributed by atoms with E-state index < -0.39 is 0 Å². The van der Waals surface area contributed by atoms with Crippen LogP contribution in [0.15, 0.2) is 0 Å². The summed E-state index contributed by atoms with van der Waals surface area (Å²) in [5.41, 5.74) is 3.18. The molecule has 13 heavy (non-hydrogen) atoms. The molecule has 1 aliphatic rings. The summed E-state index contributed by atoms with van der Waals surface area (Å²) in [7, 11) is 1.41. The first kappa shape index (κ1) is 10.4. The summed E-state index contributed by atoms with van der Waals surface area (Å²) in [5.74, 6) is -0.164. The topological polar surface area (TPSA) is 53.6 Å². The minimum absolute atomic E-state index is 0.164. The number of hydrogen-bond acceptors (Lipinski definition) is 5. The van der Waals surface area contributed by atoms with Crippen molar-refractivity contribution in [3.8, 4) is 0 Å². The summed E-state index contributed by atoms with van der Waals surface area (Å²) in [4.78, 5) is 10.8. The number of rotatable bonds is 4. The summed E-state index contributed by atoms with van der Waals surface area (Å²) in [6.07, 6.45) is 0.431. The van der Waals surface area contributed by atoms with E-state index >= 15 is 0 Å². The predicted octanol–water partition coefficient (Wildman–Crippen LogP) is -1.04. The molecular weight excluding hydrogens is 170 g/mol. The Morgan fingerprint density at radius 1 is 1.54 bits per heavy atom. The average molecular weight is 187 g/mol. The SMILES string of the molecule is COC(=O)CCNN1CCNCC1. The molecule has 5 nitrogen and oxygen atoms in total. The van der Waals surface area contributed by atoms with Gasteiger partial charge in [-0.1, -0.05) is 0 Å². The Balaban J connectivity index is 2.01. The van der Waals surface area contributed by atoms with Gasteiger partial charge in [-0.25, -0.2) is 5.01 Å². The van der Waals surface area contributed by atoms with E-state index in [4.69, 9.17) is 0 Å². The zero-order chi connectivity index (χ0) is 9.52. The highest BCUT2D eigenvalue weighted by molar-refractivity contribution is 5.69. The molecule has 0 aromatic heterocycles. The minimum Gasteiger partial charge on any atom is -0.469 e. The van der Waals surface area contributed by atoms with Crippen molar-refractivity contribution in [2.24, 2.45) is 0 Å². The maximum atomic E-state index is 10.8. The number of methoxy groups -OCH3 is 1. The molecule has 0 aromatic rings. The van der Waals surface area contributed by atoms with E-state index in [0.29, 0.717) is 13.0 Å². The lowest BCUT2D eigenvalue weighted by atomic mass is 10.4. The van der Waals surface area contributed by atoms with E-state index in [2.05, 4.69) is 20.5 Å². The zero-order valence-electron chi connectivity index (χ0n) is 8.01. The number of carbonyl (C=O) groups is 1. The molecule has 0 radical (unpaired) electrons. The van der Waals surface area contributed by atoms with Gasteiger partial charge in [0.15, 0.2) is 0 Å². The Morgan fingerprint density at radius 3 is 2.85 bits per heavy atom. The van der Waals surface area contributed by atoms with E-state index in [1.54, 1.807) is 0 Å². The van der Waals surface area contributed by atoms with Gasteiger partial charge in [-0.3, -0.25) is 10.2 Å². The van der Waals surface area contributed by atoms with Crippen LogP contribution in [0.25, 0.3) is 0 Å². The van der Waals surface area contributed by atoms with E-state index in [0.717, 1.165) is 26.2 Å². The van der Waals surface area contributed by atoms with Crippen LogP contribution in [0.4, 0.5) is 0 Å². The summed E-state index contributed by atoms with van der Waals surface area (Å²) >= 11 is 0. The van der Waals surface area contributed by atoms with Crippen LogP contribution in [0.3, 0.4) is 0 Å². The van der Waals surface area contributed by atoms with Gasteiger partial charge in [0.05, 0.1) is 13.5 Å². The maximum absolute atomic E-state index is 10.8. The number of nitrogens with one attached hydrogen (secondary N) is 2. The summed E-state index contributed by atoms with van der Waals surface area (Å²) in [6, 6.07) is 0. The number of hydrogen-bond donors (Lipinski definition) is 2. The number of esters is 1. The minimum atomic E-state index is -0.164. The van der Waals surface area contributed by atoms with Gasteiger partial charge in [-0.15, -0.1) is 0 Å². The molecule has 1 rings (SSSR count). The van der Waals surface area contributed by atoms with Crippen molar-refractivity contribution in [1.82, 2.24) is 15.8 Å². The fraction of sp³-hybridized carbons (Fsp3) is 0.875. The zero-order valence-corrected chi connectivity index (χ0v) is 8.01. The van der Waals surface area contributed by atoms with Crippen LogP contribution in [-0.4, -0.2) is 50.8 Å². The summed E-state index contributed by atoms with van der Waals surface area (Å²) < 4.78 is 4.53. The highest BCUT2D eigenvalue weighted by atomic mass is 16.5. The van der Waals surface area contributed by atoms with Crippen LogP contribution in [0, 0.1) is 0 Å². The van der Waals surface area contributed by atoms with Gasteiger partial charge < -0.3 is 10.1 Å². The van der Waals surface area contributed by atoms with Crippen molar-refractivity contribution in [2.45, 2.75) is 6.42 Å². The normalized spacial score (nSPS) is 18.5. The average Bonchev–Trinajstić information content (AvgIpc) is 2.19. The molecule has 1 saturated heterocycles. The van der Waals surface area contributed by atoms with Crippen molar-refractivity contribution >= 4 is 5.97 Å². The van der Waals surface area contributed by atoms with Gasteiger partial charge in [0.25, 0.3) is 0 Å². The third-order valence-electron chi connectivity index (χ3n) is 2.01. The molecule has 0 saturated carbocycles. The number of hydrazine groups is 1. The fourth-order valence-electron chi connectivity index (χ4n) is 1.24. The number of nitrogens with zero attached hydrogens (tertiary/aromatic N) is 1. The van der Waals surface area contributed by atoms with Gasteiger partial charge in [-0.2, -0.15) is 0 Å². The number of piperazine rings is 1. The van der Waals surface area contributed by atoms with Crippen LogP contribution in [0.5, 0.6) is 0 Å². The fourth-order valence-corrected chi connectivity index (χ4v) is 1.24. The molecule has 0 aromatic carbocycles. The Bertz CT molecular complexity index is 157. The third-order valence-corrected chi connectivity index (χ3v) is 2.01. The second-order valence-corrected chi connectivity index (χ2v) is 2.97. The first-order chi connectivity index (χ1) is 6.33. The van der Waals surface area contributed by atoms with E-state index in [1.165, 1.54) is 7.11 Å². The van der Waals surface area contributed by atoms with Crippen molar-refractivity contribution in [3.05, 3.63) is 0 Å². The Labute approximate surface area is 78.4 Å². The molecule has 76 valence electrons. The maximum Gasteiger partial charge on any atom is 0.306 e. The lowest BCUT2D eigenvalue weighted by Gasteiger charge is -2.27. The Kier molecular flexibility index (Phi) is 4.74. The van der Waals surface area contributed by atoms with Gasteiger partial charge in [0.1, 0.15) is 0 Å². The molecule has 0 unspecified atom stereocenters. The summed E-state index contributed by atoms with van der Waals surface area (Å²) in [5, 5.41) is 5.38. The lowest BCUT2D eigenvalue weighted by molar-refractivity contribution is -0.140. The molecular formula is C8H17N3O2. The van der Waals surface area contributed by atoms with Gasteiger partial charge in [-0.05, 0) is 0 Å². The van der Waals surface area contributed by atoms with Gasteiger partial charge in [0.2, 0.25) is 0 Å². The highest BCUT2D eigenvalue weighted by Gasteiger charge is 2.08. The van der Waals surface area contributed by atoms with Crippen LogP contribution >= 0.6 is 0 Å². The van der Waals surface area contributed by atoms with Crippen LogP contribution in [0.1, 0.15) is 6.42 Å². The molecule has 0 atom stereocenters. The Morgan fingerprint density at radius 2 is 2.23 bits per heavy atom. The molecule has 1 fully saturated rings. The largest absolute Gasteiger partial charge is 0.469 e. The van der Waals surface area contributed by atoms with Crippen molar-refractivity contribution in [3.63, 3.8) is 0 Å². The van der Waals surface area contributed by atoms with Crippen molar-refractivity contribution in [1.29, 1.82) is 0 Å². The smallest absolute Gasteiger partial charge is 0.306 e. The molecule has 2 N–H and O–H groups in total. The first-order valence-electron chi connectivity index (χ1n) is 4.59. The van der Waals surface area contributed by atoms with E-state index in [-0.39, 0.29) is 5.97 Å². The molecule has 0 amide bonds. The molecule has 0 aliphatic carbocycles. The quantitative estimate of drug-likeness (QED) is 0.551. The lowest BCUT2D eigenvalue weighted by Crippen LogP contribution is -2.50. The third kappa shape index (κ3) is 4.21. The second-order valence-electron chi connectivity index (χ2n) is 2.97. The predicted molar refractivity (Wildman–Crippen MR) is 49.1 cm³/mol. The second kappa shape index (κ2) is 5.90. The van der Waals surface area contributed by atoms with Gasteiger partial charge in [0, 0.05) is 32.7 Å². The highest BCUT2D eigenvalue weighted by Crippen LogP contribution is 1.88. The first-order valence-corrected chi connectivity index (χ1v) is 4.59. The van der Waals surface area contributed by atoms with Gasteiger partial charge >= 0.3 is 5.97 Å². The van der Waals surface area contributed by atoms with Crippen LogP contribution in [0.2, 0.25) is 0 Å². The summed E-state index contributed by atoms with van der Waals surface area (Å²) in [6.45, 7) is 4.64. The number of ether oxygens (including phenoxy) is 1. The Hall–Kier alpha value is -0.650. The molecule has 0 spiro atoms. The van der Waals surface area contributed by atoms with E-state index in [1.807, 2.05) is 0 Å².